The predicted octanol–water partition coefficient (Wildman–Crippen LogP) is 3.42. The van der Waals surface area contributed by atoms with E-state index in [1.165, 1.54) is 16.8 Å². The van der Waals surface area contributed by atoms with E-state index in [0.29, 0.717) is 17.8 Å². The van der Waals surface area contributed by atoms with Gasteiger partial charge in [0.1, 0.15) is 5.69 Å². The molecule has 1 atom stereocenters. The molecule has 1 N–H and O–H groups in total. The molecule has 7 heteroatoms. The van der Waals surface area contributed by atoms with Crippen molar-refractivity contribution in [2.45, 2.75) is 26.4 Å². The lowest BCUT2D eigenvalue weighted by Gasteiger charge is -2.17. The summed E-state index contributed by atoms with van der Waals surface area (Å²) in [6.45, 7) is 3.50. The molecule has 28 heavy (non-hydrogen) atoms. The van der Waals surface area contributed by atoms with Gasteiger partial charge < -0.3 is 10.1 Å². The first-order valence-corrected chi connectivity index (χ1v) is 9.00. The van der Waals surface area contributed by atoms with Crippen LogP contribution < -0.4 is 15.6 Å². The Morgan fingerprint density at radius 1 is 1.14 bits per heavy atom. The first-order valence-electron chi connectivity index (χ1n) is 9.00. The zero-order valence-corrected chi connectivity index (χ0v) is 16.0. The van der Waals surface area contributed by atoms with Crippen LogP contribution in [0.25, 0.3) is 5.69 Å². The van der Waals surface area contributed by atoms with E-state index >= 15 is 0 Å². The number of hydrogen-bond donors (Lipinski definition) is 1. The Bertz CT molecular complexity index is 1040. The van der Waals surface area contributed by atoms with Crippen molar-refractivity contribution in [2.24, 2.45) is 7.05 Å². The molecule has 1 heterocycles. The van der Waals surface area contributed by atoms with Gasteiger partial charge in [-0.2, -0.15) is 0 Å². The molecular weight excluding hydrogens is 361 g/mol. The van der Waals surface area contributed by atoms with Crippen LogP contribution in [-0.2, 0) is 11.8 Å². The van der Waals surface area contributed by atoms with Crippen molar-refractivity contribution in [2.75, 3.05) is 5.32 Å². The number of nitrogens with zero attached hydrogens (tertiary/aromatic N) is 2. The highest BCUT2D eigenvalue weighted by Crippen LogP contribution is 2.19. The second-order valence-corrected chi connectivity index (χ2v) is 6.37. The minimum Gasteiger partial charge on any atom is -0.478 e. The van der Waals surface area contributed by atoms with Crippen LogP contribution in [-0.4, -0.2) is 21.4 Å². The van der Waals surface area contributed by atoms with Crippen molar-refractivity contribution < 1.29 is 13.9 Å². The number of hydrogen-bond acceptors (Lipinski definition) is 3. The van der Waals surface area contributed by atoms with Gasteiger partial charge in [-0.25, -0.2) is 9.07 Å². The number of benzene rings is 2. The topological polar surface area (TPSA) is 65.3 Å². The second kappa shape index (κ2) is 8.12. The molecular formula is C21H22FN3O3. The molecule has 1 amide bonds. The molecule has 0 radical (unpaired) electrons. The number of para-hydroxylation sites is 2. The molecule has 2 aromatic carbocycles. The fraction of sp³-hybridized carbons (Fsp3) is 0.238. The van der Waals surface area contributed by atoms with Gasteiger partial charge in [-0.1, -0.05) is 37.3 Å². The van der Waals surface area contributed by atoms with E-state index in [1.54, 1.807) is 37.7 Å². The van der Waals surface area contributed by atoms with E-state index in [0.717, 1.165) is 0 Å². The summed E-state index contributed by atoms with van der Waals surface area (Å²) in [5, 5.41) is 2.66. The number of rotatable bonds is 6. The Hall–Kier alpha value is -3.35. The highest BCUT2D eigenvalue weighted by Gasteiger charge is 2.24. The SMILES string of the molecule is CC[C@H](Oc1ccccc1F)C(=O)Nc1c(C)n(C)n(-c2ccccc2)c1=O. The molecule has 146 valence electrons. The number of halogens is 1. The van der Waals surface area contributed by atoms with E-state index in [4.69, 9.17) is 4.74 Å². The van der Waals surface area contributed by atoms with Crippen LogP contribution in [0.2, 0.25) is 0 Å². The number of anilines is 1. The van der Waals surface area contributed by atoms with Gasteiger partial charge >= 0.3 is 0 Å². The van der Waals surface area contributed by atoms with Gasteiger partial charge in [0.25, 0.3) is 11.5 Å². The second-order valence-electron chi connectivity index (χ2n) is 6.37. The third-order valence-electron chi connectivity index (χ3n) is 4.57. The van der Waals surface area contributed by atoms with Crippen molar-refractivity contribution in [3.8, 4) is 11.4 Å². The lowest BCUT2D eigenvalue weighted by atomic mass is 10.2. The average Bonchev–Trinajstić information content (AvgIpc) is 2.91. The van der Waals surface area contributed by atoms with Crippen LogP contribution in [0.4, 0.5) is 10.1 Å². The average molecular weight is 383 g/mol. The number of amides is 1. The Morgan fingerprint density at radius 2 is 1.79 bits per heavy atom. The molecule has 0 fully saturated rings. The molecule has 3 aromatic rings. The van der Waals surface area contributed by atoms with Crippen molar-refractivity contribution in [1.29, 1.82) is 0 Å². The van der Waals surface area contributed by atoms with Gasteiger partial charge in [-0.05, 0) is 37.6 Å². The maximum atomic E-state index is 13.8. The zero-order valence-electron chi connectivity index (χ0n) is 16.0. The summed E-state index contributed by atoms with van der Waals surface area (Å²) in [7, 11) is 1.74. The first-order chi connectivity index (χ1) is 13.4. The summed E-state index contributed by atoms with van der Waals surface area (Å²) in [4.78, 5) is 25.6. The van der Waals surface area contributed by atoms with Gasteiger partial charge in [0.2, 0.25) is 0 Å². The minimum atomic E-state index is -0.930. The van der Waals surface area contributed by atoms with Gasteiger partial charge in [-0.15, -0.1) is 0 Å². The normalized spacial score (nSPS) is 11.9. The quantitative estimate of drug-likeness (QED) is 0.709. The highest BCUT2D eigenvalue weighted by molar-refractivity contribution is 5.94. The zero-order chi connectivity index (χ0) is 20.3. The summed E-state index contributed by atoms with van der Waals surface area (Å²) < 4.78 is 22.5. The summed E-state index contributed by atoms with van der Waals surface area (Å²) in [5.74, 6) is -1.05. The lowest BCUT2D eigenvalue weighted by Crippen LogP contribution is -2.34. The van der Waals surface area contributed by atoms with Crippen LogP contribution in [0, 0.1) is 12.7 Å². The Morgan fingerprint density at radius 3 is 2.43 bits per heavy atom. The monoisotopic (exact) mass is 383 g/mol. The van der Waals surface area contributed by atoms with Crippen molar-refractivity contribution >= 4 is 11.6 Å². The third-order valence-corrected chi connectivity index (χ3v) is 4.57. The van der Waals surface area contributed by atoms with Crippen LogP contribution in [0.3, 0.4) is 0 Å². The van der Waals surface area contributed by atoms with Gasteiger partial charge in [0, 0.05) is 7.05 Å². The minimum absolute atomic E-state index is 0.00372. The van der Waals surface area contributed by atoms with E-state index in [1.807, 2.05) is 30.3 Å². The Labute approximate surface area is 162 Å². The van der Waals surface area contributed by atoms with Crippen molar-refractivity contribution in [1.82, 2.24) is 9.36 Å². The fourth-order valence-corrected chi connectivity index (χ4v) is 2.93. The number of carbonyl (C=O) groups excluding carboxylic acids is 1. The Balaban J connectivity index is 1.88. The maximum Gasteiger partial charge on any atom is 0.295 e. The molecule has 0 bridgehead atoms. The molecule has 3 rings (SSSR count). The number of nitrogens with one attached hydrogen (secondary N) is 1. The molecule has 0 aliphatic heterocycles. The number of aromatic nitrogens is 2. The predicted molar refractivity (Wildman–Crippen MR) is 105 cm³/mol. The van der Waals surface area contributed by atoms with Crippen LogP contribution in [0.1, 0.15) is 19.0 Å². The molecule has 6 nitrogen and oxygen atoms in total. The lowest BCUT2D eigenvalue weighted by molar-refractivity contribution is -0.122. The van der Waals surface area contributed by atoms with Crippen molar-refractivity contribution in [3.63, 3.8) is 0 Å². The standard InChI is InChI=1S/C21H22FN3O3/c1-4-17(28-18-13-9-8-12-16(18)22)20(26)23-19-14(2)24(3)25(21(19)27)15-10-6-5-7-11-15/h5-13,17H,4H2,1-3H3,(H,23,26)/t17-/m0/s1. The molecule has 1 aromatic heterocycles. The molecule has 0 spiro atoms. The molecule has 0 aliphatic carbocycles. The summed E-state index contributed by atoms with van der Waals surface area (Å²) in [6.07, 6.45) is -0.611. The van der Waals surface area contributed by atoms with Crippen LogP contribution in [0.15, 0.2) is 59.4 Å². The van der Waals surface area contributed by atoms with Crippen LogP contribution in [0.5, 0.6) is 5.75 Å². The van der Waals surface area contributed by atoms with E-state index < -0.39 is 17.8 Å². The van der Waals surface area contributed by atoms with E-state index in [2.05, 4.69) is 5.32 Å². The molecule has 0 unspecified atom stereocenters. The smallest absolute Gasteiger partial charge is 0.295 e. The van der Waals surface area contributed by atoms with Gasteiger partial charge in [-0.3, -0.25) is 14.3 Å². The Kier molecular flexibility index (Phi) is 5.63. The highest BCUT2D eigenvalue weighted by atomic mass is 19.1. The van der Waals surface area contributed by atoms with Crippen LogP contribution >= 0.6 is 0 Å². The summed E-state index contributed by atoms with van der Waals surface area (Å²) >= 11 is 0. The number of carbonyl (C=O) groups is 1. The maximum absolute atomic E-state index is 13.8. The molecule has 0 saturated carbocycles. The molecule has 0 aliphatic rings. The largest absolute Gasteiger partial charge is 0.478 e. The third kappa shape index (κ3) is 3.69. The summed E-state index contributed by atoms with van der Waals surface area (Å²) in [6, 6.07) is 15.0. The molecule has 0 saturated heterocycles. The van der Waals surface area contributed by atoms with Crippen molar-refractivity contribution in [3.05, 3.63) is 76.5 Å². The van der Waals surface area contributed by atoms with E-state index in [-0.39, 0.29) is 17.0 Å². The number of ether oxygens (including phenoxy) is 1. The van der Waals surface area contributed by atoms with Gasteiger partial charge in [0.15, 0.2) is 17.7 Å². The van der Waals surface area contributed by atoms with Gasteiger partial charge in [0.05, 0.1) is 11.4 Å². The fourth-order valence-electron chi connectivity index (χ4n) is 2.93. The van der Waals surface area contributed by atoms with E-state index in [9.17, 15) is 14.0 Å². The first kappa shape index (κ1) is 19.4. The summed E-state index contributed by atoms with van der Waals surface area (Å²) in [5.41, 5.74) is 1.11.